The summed E-state index contributed by atoms with van der Waals surface area (Å²) in [7, 11) is 0. The van der Waals surface area contributed by atoms with Crippen molar-refractivity contribution in [3.05, 3.63) is 47.5 Å². The summed E-state index contributed by atoms with van der Waals surface area (Å²) in [6.07, 6.45) is 7.64. The molecule has 0 aliphatic carbocycles. The number of nitrogens with one attached hydrogen (secondary N) is 1. The number of rotatable bonds is 6. The number of nitrogens with zero attached hydrogens (tertiary/aromatic N) is 3. The lowest BCUT2D eigenvalue weighted by Crippen LogP contribution is -2.05. The number of benzene rings is 1. The Morgan fingerprint density at radius 2 is 2.26 bits per heavy atom. The van der Waals surface area contributed by atoms with Crippen LogP contribution in [0.15, 0.2) is 36.9 Å². The molecule has 0 atom stereocenters. The van der Waals surface area contributed by atoms with Gasteiger partial charge in [-0.05, 0) is 25.0 Å². The van der Waals surface area contributed by atoms with E-state index in [4.69, 9.17) is 16.9 Å². The summed E-state index contributed by atoms with van der Waals surface area (Å²) in [5.74, 6) is 0. The van der Waals surface area contributed by atoms with Gasteiger partial charge in [0.1, 0.15) is 6.07 Å². The highest BCUT2D eigenvalue weighted by Crippen LogP contribution is 2.23. The normalized spacial score (nSPS) is 10.1. The van der Waals surface area contributed by atoms with Gasteiger partial charge in [0.05, 0.1) is 22.6 Å². The Balaban J connectivity index is 1.77. The van der Waals surface area contributed by atoms with Gasteiger partial charge < -0.3 is 9.88 Å². The number of hydrogen-bond donors (Lipinski definition) is 1. The lowest BCUT2D eigenvalue weighted by Gasteiger charge is -2.09. The third kappa shape index (κ3) is 3.73. The number of aromatic nitrogens is 2. The lowest BCUT2D eigenvalue weighted by atomic mass is 10.2. The SMILES string of the molecule is N#Cc1c(Cl)cccc1NCCCCn1ccnc1. The summed E-state index contributed by atoms with van der Waals surface area (Å²) in [5, 5.41) is 12.8. The van der Waals surface area contributed by atoms with Crippen molar-refractivity contribution in [2.75, 3.05) is 11.9 Å². The van der Waals surface area contributed by atoms with E-state index in [9.17, 15) is 0 Å². The molecule has 0 bridgehead atoms. The van der Waals surface area contributed by atoms with Crippen molar-refractivity contribution in [3.8, 4) is 6.07 Å². The molecule has 19 heavy (non-hydrogen) atoms. The Labute approximate surface area is 117 Å². The van der Waals surface area contributed by atoms with Gasteiger partial charge in [-0.1, -0.05) is 17.7 Å². The molecular weight excluding hydrogens is 260 g/mol. The summed E-state index contributed by atoms with van der Waals surface area (Å²) in [6.45, 7) is 1.78. The van der Waals surface area contributed by atoms with Gasteiger partial charge in [0.25, 0.3) is 0 Å². The summed E-state index contributed by atoms with van der Waals surface area (Å²) in [4.78, 5) is 4.00. The molecule has 98 valence electrons. The van der Waals surface area contributed by atoms with Crippen LogP contribution < -0.4 is 5.32 Å². The number of hydrogen-bond acceptors (Lipinski definition) is 3. The summed E-state index contributed by atoms with van der Waals surface area (Å²) >= 11 is 5.96. The molecule has 0 saturated heterocycles. The molecule has 0 amide bonds. The van der Waals surface area contributed by atoms with E-state index in [0.717, 1.165) is 31.6 Å². The molecule has 0 unspecified atom stereocenters. The molecule has 0 radical (unpaired) electrons. The molecule has 0 saturated carbocycles. The first-order valence-corrected chi connectivity index (χ1v) is 6.57. The Morgan fingerprint density at radius 3 is 3.00 bits per heavy atom. The Morgan fingerprint density at radius 1 is 1.37 bits per heavy atom. The Kier molecular flexibility index (Phi) is 4.82. The second-order valence-electron chi connectivity index (χ2n) is 4.21. The number of unbranched alkanes of at least 4 members (excludes halogenated alkanes) is 1. The molecule has 4 nitrogen and oxygen atoms in total. The van der Waals surface area contributed by atoms with Crippen LogP contribution in [0.5, 0.6) is 0 Å². The van der Waals surface area contributed by atoms with Crippen molar-refractivity contribution in [3.63, 3.8) is 0 Å². The zero-order chi connectivity index (χ0) is 13.5. The smallest absolute Gasteiger partial charge is 0.103 e. The van der Waals surface area contributed by atoms with Crippen LogP contribution in [0.2, 0.25) is 5.02 Å². The maximum atomic E-state index is 9.04. The molecule has 2 aromatic rings. The van der Waals surface area contributed by atoms with Gasteiger partial charge in [-0.2, -0.15) is 5.26 Å². The lowest BCUT2D eigenvalue weighted by molar-refractivity contribution is 0.621. The van der Waals surface area contributed by atoms with Crippen molar-refractivity contribution in [2.45, 2.75) is 19.4 Å². The quantitative estimate of drug-likeness (QED) is 0.822. The summed E-state index contributed by atoms with van der Waals surface area (Å²) in [5.41, 5.74) is 1.32. The molecule has 1 heterocycles. The average molecular weight is 275 g/mol. The molecular formula is C14H15ClN4. The van der Waals surface area contributed by atoms with Crippen molar-refractivity contribution in [1.82, 2.24) is 9.55 Å². The van der Waals surface area contributed by atoms with E-state index >= 15 is 0 Å². The number of halogens is 1. The number of anilines is 1. The van der Waals surface area contributed by atoms with Crippen LogP contribution in [0.1, 0.15) is 18.4 Å². The van der Waals surface area contributed by atoms with Crippen LogP contribution in [0.3, 0.4) is 0 Å². The van der Waals surface area contributed by atoms with Gasteiger partial charge in [-0.15, -0.1) is 0 Å². The highest BCUT2D eigenvalue weighted by molar-refractivity contribution is 6.32. The predicted octanol–water partition coefficient (Wildman–Crippen LogP) is 3.30. The van der Waals surface area contributed by atoms with Crippen molar-refractivity contribution < 1.29 is 0 Å². The fourth-order valence-corrected chi connectivity index (χ4v) is 2.06. The first-order valence-electron chi connectivity index (χ1n) is 6.19. The van der Waals surface area contributed by atoms with E-state index in [1.807, 2.05) is 24.7 Å². The molecule has 1 aromatic carbocycles. The molecule has 2 rings (SSSR count). The third-order valence-corrected chi connectivity index (χ3v) is 3.16. The van der Waals surface area contributed by atoms with E-state index in [1.165, 1.54) is 0 Å². The van der Waals surface area contributed by atoms with Crippen molar-refractivity contribution in [1.29, 1.82) is 5.26 Å². The van der Waals surface area contributed by atoms with Gasteiger partial charge >= 0.3 is 0 Å². The van der Waals surface area contributed by atoms with Crippen molar-refractivity contribution in [2.24, 2.45) is 0 Å². The largest absolute Gasteiger partial charge is 0.384 e. The molecule has 5 heteroatoms. The molecule has 1 N–H and O–H groups in total. The summed E-state index contributed by atoms with van der Waals surface area (Å²) in [6, 6.07) is 7.57. The summed E-state index contributed by atoms with van der Waals surface area (Å²) < 4.78 is 2.06. The first-order chi connectivity index (χ1) is 9.31. The number of imidazole rings is 1. The van der Waals surface area contributed by atoms with E-state index in [2.05, 4.69) is 20.9 Å². The van der Waals surface area contributed by atoms with Crippen LogP contribution in [0.25, 0.3) is 0 Å². The zero-order valence-electron chi connectivity index (χ0n) is 10.5. The average Bonchev–Trinajstić information content (AvgIpc) is 2.92. The van der Waals surface area contributed by atoms with E-state index in [-0.39, 0.29) is 0 Å². The second kappa shape index (κ2) is 6.81. The van der Waals surface area contributed by atoms with Crippen LogP contribution in [0, 0.1) is 11.3 Å². The fourth-order valence-electron chi connectivity index (χ4n) is 1.85. The van der Waals surface area contributed by atoms with Gasteiger partial charge in [-0.25, -0.2) is 4.98 Å². The fraction of sp³-hybridized carbons (Fsp3) is 0.286. The minimum Gasteiger partial charge on any atom is -0.384 e. The van der Waals surface area contributed by atoms with Crippen LogP contribution in [-0.2, 0) is 6.54 Å². The van der Waals surface area contributed by atoms with Gasteiger partial charge in [0.2, 0.25) is 0 Å². The molecule has 0 aliphatic rings. The van der Waals surface area contributed by atoms with Gasteiger partial charge in [-0.3, -0.25) is 0 Å². The topological polar surface area (TPSA) is 53.6 Å². The minimum absolute atomic E-state index is 0.492. The maximum absolute atomic E-state index is 9.04. The van der Waals surface area contributed by atoms with Crippen LogP contribution >= 0.6 is 11.6 Å². The highest BCUT2D eigenvalue weighted by atomic mass is 35.5. The second-order valence-corrected chi connectivity index (χ2v) is 4.62. The number of nitriles is 1. The molecule has 0 fully saturated rings. The van der Waals surface area contributed by atoms with E-state index < -0.39 is 0 Å². The van der Waals surface area contributed by atoms with Gasteiger partial charge in [0.15, 0.2) is 0 Å². The Hall–Kier alpha value is -1.99. The van der Waals surface area contributed by atoms with Gasteiger partial charge in [0, 0.05) is 25.5 Å². The molecule has 0 aliphatic heterocycles. The maximum Gasteiger partial charge on any atom is 0.103 e. The highest BCUT2D eigenvalue weighted by Gasteiger charge is 2.04. The third-order valence-electron chi connectivity index (χ3n) is 2.84. The van der Waals surface area contributed by atoms with Crippen LogP contribution in [-0.4, -0.2) is 16.1 Å². The van der Waals surface area contributed by atoms with E-state index in [0.29, 0.717) is 10.6 Å². The van der Waals surface area contributed by atoms with Crippen molar-refractivity contribution >= 4 is 17.3 Å². The van der Waals surface area contributed by atoms with E-state index in [1.54, 1.807) is 12.3 Å². The van der Waals surface area contributed by atoms with Crippen LogP contribution in [0.4, 0.5) is 5.69 Å². The minimum atomic E-state index is 0.492. The monoisotopic (exact) mass is 274 g/mol. The first kappa shape index (κ1) is 13.4. The molecule has 0 spiro atoms. The number of aryl methyl sites for hydroxylation is 1. The standard InChI is InChI=1S/C14H15ClN4/c15-13-4-3-5-14(12(13)10-16)18-6-1-2-8-19-9-7-17-11-19/h3-5,7,9,11,18H,1-2,6,8H2. The Bertz CT molecular complexity index is 557. The molecule has 1 aromatic heterocycles. The zero-order valence-corrected chi connectivity index (χ0v) is 11.3. The predicted molar refractivity (Wildman–Crippen MR) is 76.1 cm³/mol.